The third-order valence-corrected chi connectivity index (χ3v) is 5.17. The molecule has 0 bridgehead atoms. The molecule has 1 aliphatic carbocycles. The summed E-state index contributed by atoms with van der Waals surface area (Å²) in [5.41, 5.74) is 5.19. The zero-order valence-corrected chi connectivity index (χ0v) is 18.7. The van der Waals surface area contributed by atoms with Crippen LogP contribution in [-0.4, -0.2) is 64.3 Å². The standard InChI is InChI=1S/C21H28N6O5/c1-20(2,3)32-19(30)27-8-5-14(22)13(11-27)15(23)16(28)26-21(6-7-21)18-24-9-12(10-25-18)17(29)31-4/h9-10,23H,5-8,11,22H2,1-4H3,(H,26,28). The van der Waals surface area contributed by atoms with Crippen LogP contribution in [0, 0.1) is 5.41 Å². The van der Waals surface area contributed by atoms with E-state index in [9.17, 15) is 14.4 Å². The number of amides is 2. The number of carbonyl (C=O) groups excluding carboxylic acids is 3. The number of hydrogen-bond acceptors (Lipinski definition) is 9. The topological polar surface area (TPSA) is 161 Å². The van der Waals surface area contributed by atoms with E-state index in [1.165, 1.54) is 24.4 Å². The maximum absolute atomic E-state index is 12.9. The fourth-order valence-electron chi connectivity index (χ4n) is 3.24. The third-order valence-electron chi connectivity index (χ3n) is 5.17. The summed E-state index contributed by atoms with van der Waals surface area (Å²) in [5, 5.41) is 11.2. The number of carbonyl (C=O) groups is 3. The molecule has 1 aliphatic heterocycles. The number of hydrogen-bond donors (Lipinski definition) is 3. The lowest BCUT2D eigenvalue weighted by Crippen LogP contribution is -2.46. The summed E-state index contributed by atoms with van der Waals surface area (Å²) in [6.07, 6.45) is 3.70. The van der Waals surface area contributed by atoms with Crippen molar-refractivity contribution < 1.29 is 23.9 Å². The average molecular weight is 444 g/mol. The van der Waals surface area contributed by atoms with Crippen LogP contribution >= 0.6 is 0 Å². The van der Waals surface area contributed by atoms with Crippen LogP contribution in [0.25, 0.3) is 0 Å². The van der Waals surface area contributed by atoms with Gasteiger partial charge in [-0.25, -0.2) is 19.6 Å². The Bertz CT molecular complexity index is 975. The zero-order chi connectivity index (χ0) is 23.7. The molecule has 11 nitrogen and oxygen atoms in total. The van der Waals surface area contributed by atoms with Gasteiger partial charge in [-0.15, -0.1) is 0 Å². The normalized spacial score (nSPS) is 17.4. The van der Waals surface area contributed by atoms with Crippen molar-refractivity contribution in [1.82, 2.24) is 20.2 Å². The summed E-state index contributed by atoms with van der Waals surface area (Å²) in [6, 6.07) is 0. The van der Waals surface area contributed by atoms with Crippen molar-refractivity contribution in [1.29, 1.82) is 5.41 Å². The monoisotopic (exact) mass is 444 g/mol. The van der Waals surface area contributed by atoms with Crippen LogP contribution in [0.4, 0.5) is 4.79 Å². The van der Waals surface area contributed by atoms with E-state index in [-0.39, 0.29) is 23.4 Å². The van der Waals surface area contributed by atoms with E-state index >= 15 is 0 Å². The highest BCUT2D eigenvalue weighted by Gasteiger charge is 2.49. The minimum Gasteiger partial charge on any atom is -0.465 e. The number of nitrogens with zero attached hydrogens (tertiary/aromatic N) is 3. The predicted octanol–water partition coefficient (Wildman–Crippen LogP) is 1.24. The van der Waals surface area contributed by atoms with E-state index in [0.717, 1.165) is 0 Å². The number of esters is 1. The Labute approximate surface area is 185 Å². The minimum atomic E-state index is -0.799. The number of ether oxygens (including phenoxy) is 2. The molecule has 0 radical (unpaired) electrons. The number of aromatic nitrogens is 2. The van der Waals surface area contributed by atoms with Gasteiger partial charge in [0.25, 0.3) is 5.91 Å². The molecule has 0 aromatic carbocycles. The van der Waals surface area contributed by atoms with Gasteiger partial charge in [0, 0.05) is 36.6 Å². The van der Waals surface area contributed by atoms with Gasteiger partial charge in [-0.2, -0.15) is 0 Å². The highest BCUT2D eigenvalue weighted by molar-refractivity contribution is 6.44. The predicted molar refractivity (Wildman–Crippen MR) is 114 cm³/mol. The number of nitrogens with two attached hydrogens (primary N) is 1. The minimum absolute atomic E-state index is 0.0182. The molecule has 2 heterocycles. The molecule has 4 N–H and O–H groups in total. The molecule has 2 amide bonds. The van der Waals surface area contributed by atoms with Crippen molar-refractivity contribution in [3.63, 3.8) is 0 Å². The molecular weight excluding hydrogens is 416 g/mol. The smallest absolute Gasteiger partial charge is 0.410 e. The highest BCUT2D eigenvalue weighted by atomic mass is 16.6. The van der Waals surface area contributed by atoms with Gasteiger partial charge in [0.2, 0.25) is 0 Å². The van der Waals surface area contributed by atoms with E-state index in [0.29, 0.717) is 37.3 Å². The van der Waals surface area contributed by atoms with Gasteiger partial charge in [-0.05, 0) is 33.6 Å². The van der Waals surface area contributed by atoms with Crippen LogP contribution in [-0.2, 0) is 19.8 Å². The summed E-state index contributed by atoms with van der Waals surface area (Å²) in [4.78, 5) is 46.6. The number of nitrogens with one attached hydrogen (secondary N) is 2. The van der Waals surface area contributed by atoms with Gasteiger partial charge in [0.1, 0.15) is 16.9 Å². The van der Waals surface area contributed by atoms with Gasteiger partial charge >= 0.3 is 12.1 Å². The first-order chi connectivity index (χ1) is 15.0. The van der Waals surface area contributed by atoms with Crippen molar-refractivity contribution in [2.75, 3.05) is 20.2 Å². The maximum atomic E-state index is 12.9. The lowest BCUT2D eigenvalue weighted by molar-refractivity contribution is -0.115. The van der Waals surface area contributed by atoms with E-state index < -0.39 is 29.1 Å². The summed E-state index contributed by atoms with van der Waals surface area (Å²) in [6.45, 7) is 5.67. The summed E-state index contributed by atoms with van der Waals surface area (Å²) in [5.74, 6) is -0.833. The van der Waals surface area contributed by atoms with Gasteiger partial charge in [0.05, 0.1) is 19.2 Å². The van der Waals surface area contributed by atoms with Crippen LogP contribution < -0.4 is 11.1 Å². The fourth-order valence-corrected chi connectivity index (χ4v) is 3.24. The molecule has 1 aromatic heterocycles. The molecule has 0 atom stereocenters. The Balaban J connectivity index is 1.69. The van der Waals surface area contributed by atoms with Gasteiger partial charge in [-0.3, -0.25) is 10.2 Å². The lowest BCUT2D eigenvalue weighted by atomic mass is 10.0. The Morgan fingerprint density at radius 3 is 2.38 bits per heavy atom. The van der Waals surface area contributed by atoms with Crippen LogP contribution in [0.15, 0.2) is 23.7 Å². The number of methoxy groups -OCH3 is 1. The lowest BCUT2D eigenvalue weighted by Gasteiger charge is -2.31. The second kappa shape index (κ2) is 8.56. The van der Waals surface area contributed by atoms with Crippen LogP contribution in [0.2, 0.25) is 0 Å². The second-order valence-corrected chi connectivity index (χ2v) is 8.85. The first-order valence-electron chi connectivity index (χ1n) is 10.2. The SMILES string of the molecule is COC(=O)c1cnc(C2(NC(=O)C(=N)C3=C(N)CCN(C(=O)OC(C)(C)C)C3)CC2)nc1. The van der Waals surface area contributed by atoms with Gasteiger partial charge in [0.15, 0.2) is 5.82 Å². The van der Waals surface area contributed by atoms with Crippen molar-refractivity contribution in [2.24, 2.45) is 5.73 Å². The maximum Gasteiger partial charge on any atom is 0.410 e. The molecule has 1 saturated carbocycles. The van der Waals surface area contributed by atoms with E-state index in [4.69, 9.17) is 15.9 Å². The second-order valence-electron chi connectivity index (χ2n) is 8.85. The molecule has 0 spiro atoms. The summed E-state index contributed by atoms with van der Waals surface area (Å²) >= 11 is 0. The Morgan fingerprint density at radius 2 is 1.84 bits per heavy atom. The van der Waals surface area contributed by atoms with Gasteiger partial charge in [-0.1, -0.05) is 0 Å². The average Bonchev–Trinajstić information content (AvgIpc) is 3.52. The molecule has 32 heavy (non-hydrogen) atoms. The Kier molecular flexibility index (Phi) is 6.20. The quantitative estimate of drug-likeness (QED) is 0.451. The highest BCUT2D eigenvalue weighted by Crippen LogP contribution is 2.43. The van der Waals surface area contributed by atoms with Crippen molar-refractivity contribution in [3.05, 3.63) is 35.1 Å². The number of rotatable bonds is 5. The molecule has 0 saturated heterocycles. The first-order valence-corrected chi connectivity index (χ1v) is 10.2. The Hall–Kier alpha value is -3.50. The van der Waals surface area contributed by atoms with E-state index in [1.54, 1.807) is 20.8 Å². The molecule has 3 rings (SSSR count). The molecule has 11 heteroatoms. The molecule has 0 unspecified atom stereocenters. The van der Waals surface area contributed by atoms with Gasteiger partial charge < -0.3 is 25.4 Å². The van der Waals surface area contributed by atoms with Crippen molar-refractivity contribution >= 4 is 23.7 Å². The summed E-state index contributed by atoms with van der Waals surface area (Å²) < 4.78 is 10.0. The summed E-state index contributed by atoms with van der Waals surface area (Å²) in [7, 11) is 1.26. The Morgan fingerprint density at radius 1 is 1.22 bits per heavy atom. The largest absolute Gasteiger partial charge is 0.465 e. The van der Waals surface area contributed by atoms with Crippen molar-refractivity contribution in [3.8, 4) is 0 Å². The van der Waals surface area contributed by atoms with E-state index in [2.05, 4.69) is 20.0 Å². The zero-order valence-electron chi connectivity index (χ0n) is 18.7. The molecule has 172 valence electrons. The molecule has 2 aliphatic rings. The molecule has 1 fully saturated rings. The van der Waals surface area contributed by atoms with Crippen LogP contribution in [0.1, 0.15) is 56.2 Å². The van der Waals surface area contributed by atoms with Crippen molar-refractivity contribution in [2.45, 2.75) is 51.2 Å². The molecule has 1 aromatic rings. The fraction of sp³-hybridized carbons (Fsp3) is 0.524. The third kappa shape index (κ3) is 5.04. The van der Waals surface area contributed by atoms with Crippen LogP contribution in [0.3, 0.4) is 0 Å². The van der Waals surface area contributed by atoms with E-state index in [1.807, 2.05) is 0 Å². The first kappa shape index (κ1) is 23.2. The van der Waals surface area contributed by atoms with Crippen LogP contribution in [0.5, 0.6) is 0 Å². The molecular formula is C21H28N6O5.